The van der Waals surface area contributed by atoms with Crippen LogP contribution in [0.1, 0.15) is 15.9 Å². The van der Waals surface area contributed by atoms with Gasteiger partial charge in [-0.1, -0.05) is 0 Å². The van der Waals surface area contributed by atoms with Gasteiger partial charge in [-0.15, -0.1) is 0 Å². The van der Waals surface area contributed by atoms with Crippen molar-refractivity contribution in [3.63, 3.8) is 0 Å². The summed E-state index contributed by atoms with van der Waals surface area (Å²) in [6.45, 7) is 0.482. The molecule has 6 nitrogen and oxygen atoms in total. The molecular formula is C18H20F3N3O3. The van der Waals surface area contributed by atoms with Gasteiger partial charge in [0.2, 0.25) is 5.88 Å². The molecule has 0 saturated heterocycles. The van der Waals surface area contributed by atoms with Crippen LogP contribution < -0.4 is 15.0 Å². The van der Waals surface area contributed by atoms with Gasteiger partial charge in [-0.25, -0.2) is 4.98 Å². The molecule has 27 heavy (non-hydrogen) atoms. The number of aromatic nitrogens is 1. The fourth-order valence-corrected chi connectivity index (χ4v) is 2.29. The van der Waals surface area contributed by atoms with Gasteiger partial charge in [-0.05, 0) is 30.3 Å². The van der Waals surface area contributed by atoms with Crippen LogP contribution in [0.5, 0.6) is 5.88 Å². The van der Waals surface area contributed by atoms with Gasteiger partial charge in [0, 0.05) is 27.4 Å². The number of benzene rings is 1. The van der Waals surface area contributed by atoms with Crippen molar-refractivity contribution < 1.29 is 27.4 Å². The molecule has 0 fully saturated rings. The minimum Gasteiger partial charge on any atom is -0.475 e. The third-order valence-electron chi connectivity index (χ3n) is 3.60. The Kier molecular flexibility index (Phi) is 6.62. The molecule has 1 heterocycles. The van der Waals surface area contributed by atoms with Gasteiger partial charge in [0.05, 0.1) is 23.5 Å². The molecule has 0 spiro atoms. The van der Waals surface area contributed by atoms with Gasteiger partial charge in [-0.3, -0.25) is 4.79 Å². The standard InChI is InChI=1S/C18H20F3N3O3/c1-24(2)15-7-6-12(18(19,20)21)11-14(15)23-16(25)13-5-4-8-22-17(13)27-10-9-26-3/h4-8,11H,9-10H2,1-3H3,(H,23,25). The highest BCUT2D eigenvalue weighted by Crippen LogP contribution is 2.35. The second-order valence-electron chi connectivity index (χ2n) is 5.78. The van der Waals surface area contributed by atoms with Crippen LogP contribution >= 0.6 is 0 Å². The molecule has 146 valence electrons. The number of carbonyl (C=O) groups excluding carboxylic acids is 1. The normalized spacial score (nSPS) is 11.2. The van der Waals surface area contributed by atoms with Gasteiger partial charge in [-0.2, -0.15) is 13.2 Å². The van der Waals surface area contributed by atoms with Crippen LogP contribution in [-0.2, 0) is 10.9 Å². The Labute approximate surface area is 154 Å². The zero-order valence-corrected chi connectivity index (χ0v) is 15.1. The Bertz CT molecular complexity index is 795. The number of amides is 1. The van der Waals surface area contributed by atoms with Gasteiger partial charge in [0.15, 0.2) is 0 Å². The van der Waals surface area contributed by atoms with Gasteiger partial charge in [0.25, 0.3) is 5.91 Å². The second kappa shape index (κ2) is 8.72. The molecule has 0 aliphatic carbocycles. The zero-order chi connectivity index (χ0) is 20.0. The summed E-state index contributed by atoms with van der Waals surface area (Å²) in [6, 6.07) is 6.19. The van der Waals surface area contributed by atoms with E-state index in [9.17, 15) is 18.0 Å². The van der Waals surface area contributed by atoms with Crippen molar-refractivity contribution in [3.8, 4) is 5.88 Å². The first-order valence-corrected chi connectivity index (χ1v) is 8.00. The predicted molar refractivity (Wildman–Crippen MR) is 95.3 cm³/mol. The third-order valence-corrected chi connectivity index (χ3v) is 3.60. The number of halogens is 3. The number of carbonyl (C=O) groups is 1. The van der Waals surface area contributed by atoms with E-state index in [0.29, 0.717) is 12.3 Å². The molecule has 1 N–H and O–H groups in total. The molecule has 1 aromatic carbocycles. The Morgan fingerprint density at radius 2 is 1.96 bits per heavy atom. The van der Waals surface area contributed by atoms with E-state index in [-0.39, 0.29) is 23.7 Å². The molecule has 9 heteroatoms. The van der Waals surface area contributed by atoms with E-state index in [1.165, 1.54) is 31.5 Å². The summed E-state index contributed by atoms with van der Waals surface area (Å²) in [5.74, 6) is -0.552. The van der Waals surface area contributed by atoms with Crippen LogP contribution in [0.3, 0.4) is 0 Å². The maximum absolute atomic E-state index is 13.0. The molecule has 0 radical (unpaired) electrons. The molecule has 0 aliphatic heterocycles. The summed E-state index contributed by atoms with van der Waals surface area (Å²) < 4.78 is 49.4. The summed E-state index contributed by atoms with van der Waals surface area (Å²) in [7, 11) is 4.84. The lowest BCUT2D eigenvalue weighted by Crippen LogP contribution is -2.19. The highest BCUT2D eigenvalue weighted by Gasteiger charge is 2.31. The van der Waals surface area contributed by atoms with Crippen molar-refractivity contribution in [1.82, 2.24) is 4.98 Å². The van der Waals surface area contributed by atoms with Crippen molar-refractivity contribution in [3.05, 3.63) is 47.7 Å². The number of methoxy groups -OCH3 is 1. The molecule has 1 amide bonds. The minimum absolute atomic E-state index is 0.0338. The molecule has 1 aromatic heterocycles. The van der Waals surface area contributed by atoms with E-state index in [1.54, 1.807) is 19.0 Å². The number of rotatable bonds is 7. The maximum atomic E-state index is 13.0. The lowest BCUT2D eigenvalue weighted by Gasteiger charge is -2.20. The fraction of sp³-hybridized carbons (Fsp3) is 0.333. The summed E-state index contributed by atoms with van der Waals surface area (Å²) in [6.07, 6.45) is -3.07. The zero-order valence-electron chi connectivity index (χ0n) is 15.1. The van der Waals surface area contributed by atoms with E-state index in [0.717, 1.165) is 12.1 Å². The lowest BCUT2D eigenvalue weighted by molar-refractivity contribution is -0.137. The van der Waals surface area contributed by atoms with Crippen molar-refractivity contribution in [2.24, 2.45) is 0 Å². The summed E-state index contributed by atoms with van der Waals surface area (Å²) in [4.78, 5) is 18.2. The van der Waals surface area contributed by atoms with Crippen LogP contribution in [0.4, 0.5) is 24.5 Å². The van der Waals surface area contributed by atoms with Gasteiger partial charge < -0.3 is 19.7 Å². The van der Waals surface area contributed by atoms with Gasteiger partial charge >= 0.3 is 6.18 Å². The van der Waals surface area contributed by atoms with Crippen LogP contribution in [0, 0.1) is 0 Å². The summed E-state index contributed by atoms with van der Waals surface area (Å²) >= 11 is 0. The van der Waals surface area contributed by atoms with Crippen LogP contribution in [0.15, 0.2) is 36.5 Å². The van der Waals surface area contributed by atoms with Crippen molar-refractivity contribution in [2.75, 3.05) is 44.6 Å². The Balaban J connectivity index is 2.32. The second-order valence-corrected chi connectivity index (χ2v) is 5.78. The topological polar surface area (TPSA) is 63.7 Å². The quantitative estimate of drug-likeness (QED) is 0.742. The third kappa shape index (κ3) is 5.33. The fourth-order valence-electron chi connectivity index (χ4n) is 2.29. The molecule has 0 aliphatic rings. The van der Waals surface area contributed by atoms with E-state index in [1.807, 2.05) is 0 Å². The Morgan fingerprint density at radius 1 is 1.22 bits per heavy atom. The first-order chi connectivity index (χ1) is 12.7. The average molecular weight is 383 g/mol. The summed E-state index contributed by atoms with van der Waals surface area (Å²) in [5.41, 5.74) is -0.282. The Morgan fingerprint density at radius 3 is 2.59 bits per heavy atom. The summed E-state index contributed by atoms with van der Waals surface area (Å²) in [5, 5.41) is 2.52. The highest BCUT2D eigenvalue weighted by atomic mass is 19.4. The number of nitrogens with one attached hydrogen (secondary N) is 1. The van der Waals surface area contributed by atoms with Gasteiger partial charge in [0.1, 0.15) is 12.2 Å². The van der Waals surface area contributed by atoms with Crippen molar-refractivity contribution in [2.45, 2.75) is 6.18 Å². The first kappa shape index (κ1) is 20.5. The number of hydrogen-bond donors (Lipinski definition) is 1. The number of pyridine rings is 1. The maximum Gasteiger partial charge on any atom is 0.416 e. The first-order valence-electron chi connectivity index (χ1n) is 8.00. The number of anilines is 2. The van der Waals surface area contributed by atoms with E-state index in [4.69, 9.17) is 9.47 Å². The molecule has 0 unspecified atom stereocenters. The van der Waals surface area contributed by atoms with Crippen LogP contribution in [0.2, 0.25) is 0 Å². The van der Waals surface area contributed by atoms with Crippen molar-refractivity contribution in [1.29, 1.82) is 0 Å². The number of nitrogens with zero attached hydrogens (tertiary/aromatic N) is 2. The lowest BCUT2D eigenvalue weighted by atomic mass is 10.1. The van der Waals surface area contributed by atoms with Crippen molar-refractivity contribution >= 4 is 17.3 Å². The minimum atomic E-state index is -4.52. The molecule has 0 bridgehead atoms. The largest absolute Gasteiger partial charge is 0.475 e. The molecule has 0 atom stereocenters. The highest BCUT2D eigenvalue weighted by molar-refractivity contribution is 6.07. The SMILES string of the molecule is COCCOc1ncccc1C(=O)Nc1cc(C(F)(F)F)ccc1N(C)C. The van der Waals surface area contributed by atoms with E-state index in [2.05, 4.69) is 10.3 Å². The van der Waals surface area contributed by atoms with E-state index < -0.39 is 17.6 Å². The molecule has 0 saturated carbocycles. The smallest absolute Gasteiger partial charge is 0.416 e. The molecule has 2 rings (SSSR count). The molecule has 2 aromatic rings. The van der Waals surface area contributed by atoms with Crippen LogP contribution in [-0.4, -0.2) is 45.3 Å². The monoisotopic (exact) mass is 383 g/mol. The predicted octanol–water partition coefficient (Wildman–Crippen LogP) is 3.44. The Hall–Kier alpha value is -2.81. The molecular weight excluding hydrogens is 363 g/mol. The van der Waals surface area contributed by atoms with Crippen LogP contribution in [0.25, 0.3) is 0 Å². The van der Waals surface area contributed by atoms with E-state index >= 15 is 0 Å². The number of hydrogen-bond acceptors (Lipinski definition) is 5. The number of alkyl halides is 3. The average Bonchev–Trinajstić information content (AvgIpc) is 2.61. The number of ether oxygens (including phenoxy) is 2.